The highest BCUT2D eigenvalue weighted by Gasteiger charge is 2.30. The minimum Gasteiger partial charge on any atom is -0.506 e. The molecule has 2 atom stereocenters. The minimum absolute atomic E-state index is 0.0878. The van der Waals surface area contributed by atoms with Crippen LogP contribution in [0, 0.1) is 83.1 Å². The predicted octanol–water partition coefficient (Wildman–Crippen LogP) is 11.4. The lowest BCUT2D eigenvalue weighted by Gasteiger charge is -2.28. The van der Waals surface area contributed by atoms with Gasteiger partial charge in [0, 0.05) is 23.6 Å². The molecule has 0 amide bonds. The van der Waals surface area contributed by atoms with E-state index in [0.29, 0.717) is 11.1 Å². The molecular formula is C48H56N2O4. The first-order valence-corrected chi connectivity index (χ1v) is 18.5. The second-order valence-corrected chi connectivity index (χ2v) is 15.3. The van der Waals surface area contributed by atoms with E-state index in [0.717, 1.165) is 77.9 Å². The van der Waals surface area contributed by atoms with Gasteiger partial charge in [0.2, 0.25) is 0 Å². The first-order chi connectivity index (χ1) is 25.2. The lowest BCUT2D eigenvalue weighted by atomic mass is 9.84. The first kappa shape index (κ1) is 41.4. The largest absolute Gasteiger partial charge is 0.506 e. The molecule has 0 aliphatic rings. The van der Waals surface area contributed by atoms with Gasteiger partial charge >= 0.3 is 0 Å². The zero-order valence-electron chi connectivity index (χ0n) is 34.5. The molecule has 0 saturated carbocycles. The van der Waals surface area contributed by atoms with E-state index in [9.17, 15) is 19.8 Å². The molecule has 0 fully saturated rings. The molecular weight excluding hydrogens is 669 g/mol. The molecule has 282 valence electrons. The number of hydrogen-bond acceptors (Lipinski definition) is 6. The summed E-state index contributed by atoms with van der Waals surface area (Å²) in [4.78, 5) is 37.0. The average Bonchev–Trinajstić information content (AvgIpc) is 3.01. The Morgan fingerprint density at radius 1 is 0.444 bits per heavy atom. The van der Waals surface area contributed by atoms with E-state index in [2.05, 4.69) is 38.1 Å². The second kappa shape index (κ2) is 16.8. The van der Waals surface area contributed by atoms with E-state index in [-0.39, 0.29) is 34.2 Å². The Labute approximate surface area is 322 Å². The Kier molecular flexibility index (Phi) is 12.8. The summed E-state index contributed by atoms with van der Waals surface area (Å²) in [7, 11) is 0. The van der Waals surface area contributed by atoms with Crippen LogP contribution in [-0.4, -0.2) is 34.2 Å². The summed E-state index contributed by atoms with van der Waals surface area (Å²) < 4.78 is 0. The van der Waals surface area contributed by atoms with E-state index in [1.807, 2.05) is 93.5 Å². The fourth-order valence-corrected chi connectivity index (χ4v) is 8.27. The highest BCUT2D eigenvalue weighted by molar-refractivity contribution is 6.18. The maximum atomic E-state index is 13.3. The fourth-order valence-electron chi connectivity index (χ4n) is 8.27. The van der Waals surface area contributed by atoms with Crippen molar-refractivity contribution in [3.8, 4) is 0 Å². The van der Waals surface area contributed by atoms with Crippen molar-refractivity contribution in [1.82, 2.24) is 0 Å². The number of benzene rings is 4. The van der Waals surface area contributed by atoms with Crippen molar-refractivity contribution < 1.29 is 19.8 Å². The molecule has 0 heterocycles. The zero-order valence-corrected chi connectivity index (χ0v) is 34.5. The Hall–Kier alpha value is -5.36. The van der Waals surface area contributed by atoms with Crippen LogP contribution < -0.4 is 0 Å². The van der Waals surface area contributed by atoms with Crippen molar-refractivity contribution in [3.63, 3.8) is 0 Å². The number of allylic oxidation sites excluding steroid dienone is 2. The molecule has 4 aromatic rings. The molecule has 0 unspecified atom stereocenters. The Morgan fingerprint density at radius 3 is 0.889 bits per heavy atom. The molecule has 0 aliphatic carbocycles. The number of Topliss-reactive ketones (excluding diaryl/α,β-unsaturated/α-hetero) is 2. The fraction of sp³-hybridized carbons (Fsp3) is 0.333. The van der Waals surface area contributed by atoms with Gasteiger partial charge in [-0.3, -0.25) is 19.6 Å². The molecule has 0 saturated heterocycles. The summed E-state index contributed by atoms with van der Waals surface area (Å²) >= 11 is 0. The van der Waals surface area contributed by atoms with E-state index >= 15 is 0 Å². The first-order valence-electron chi connectivity index (χ1n) is 18.5. The van der Waals surface area contributed by atoms with Gasteiger partial charge in [0.15, 0.2) is 11.6 Å². The van der Waals surface area contributed by atoms with Crippen molar-refractivity contribution in [2.24, 2.45) is 9.98 Å². The summed E-state index contributed by atoms with van der Waals surface area (Å²) in [6.45, 7) is 26.8. The number of rotatable bonds is 11. The predicted molar refractivity (Wildman–Crippen MR) is 226 cm³/mol. The number of ketones is 2. The van der Waals surface area contributed by atoms with Gasteiger partial charge in [-0.05, 0) is 153 Å². The van der Waals surface area contributed by atoms with Gasteiger partial charge in [-0.15, -0.1) is 0 Å². The quantitative estimate of drug-likeness (QED) is 0.0913. The maximum absolute atomic E-state index is 13.3. The molecule has 6 heteroatoms. The molecule has 0 spiro atoms. The third-order valence-corrected chi connectivity index (χ3v) is 10.2. The van der Waals surface area contributed by atoms with Gasteiger partial charge in [-0.1, -0.05) is 70.8 Å². The number of hydrogen-bond donors (Lipinski definition) is 2. The summed E-state index contributed by atoms with van der Waals surface area (Å²) in [5, 5.41) is 23.5. The second-order valence-electron chi connectivity index (χ2n) is 15.3. The standard InChI is InChI=1S/C48H56N2O4/c1-25-15-29(5)41(30(6)16-25)45(49-23-39(37(13)51)47(53)43-33(9)19-27(3)20-34(43)10)46(42-31(7)17-26(2)18-32(42)8)50-24-40(38(14)52)48(54)44-35(11)21-28(4)22-36(44)12/h15-24,45-46,53-54H,1-14H3/b47-39+,48-40+,49-23?,50-24?/t45-,46-/m0/s1. The number of aliphatic hydroxyl groups excluding tert-OH is 2. The van der Waals surface area contributed by atoms with E-state index < -0.39 is 12.1 Å². The number of nitrogens with zero attached hydrogens (tertiary/aromatic N) is 2. The molecule has 4 aromatic carbocycles. The molecule has 6 nitrogen and oxygen atoms in total. The van der Waals surface area contributed by atoms with Gasteiger partial charge < -0.3 is 10.2 Å². The molecule has 0 bridgehead atoms. The van der Waals surface area contributed by atoms with Crippen molar-refractivity contribution in [3.05, 3.63) is 149 Å². The number of aryl methyl sites for hydroxylation is 12. The molecule has 0 radical (unpaired) electrons. The highest BCUT2D eigenvalue weighted by Crippen LogP contribution is 2.42. The van der Waals surface area contributed by atoms with Crippen LogP contribution >= 0.6 is 0 Å². The van der Waals surface area contributed by atoms with Gasteiger partial charge in [0.05, 0.1) is 11.1 Å². The summed E-state index contributed by atoms with van der Waals surface area (Å²) in [5.41, 5.74) is 15.0. The lowest BCUT2D eigenvalue weighted by molar-refractivity contribution is -0.114. The summed E-state index contributed by atoms with van der Waals surface area (Å²) in [6.07, 6.45) is 2.97. The lowest BCUT2D eigenvalue weighted by Crippen LogP contribution is -2.16. The number of carbonyl (C=O) groups excluding carboxylic acids is 2. The van der Waals surface area contributed by atoms with Crippen LogP contribution in [-0.2, 0) is 9.59 Å². The van der Waals surface area contributed by atoms with Crippen molar-refractivity contribution in [1.29, 1.82) is 0 Å². The van der Waals surface area contributed by atoms with E-state index in [1.165, 1.54) is 26.3 Å². The maximum Gasteiger partial charge on any atom is 0.165 e. The zero-order chi connectivity index (χ0) is 40.3. The van der Waals surface area contributed by atoms with Crippen LogP contribution in [0.25, 0.3) is 11.5 Å². The van der Waals surface area contributed by atoms with Crippen molar-refractivity contribution in [2.75, 3.05) is 0 Å². The highest BCUT2D eigenvalue weighted by atomic mass is 16.3. The third kappa shape index (κ3) is 8.87. The molecule has 4 rings (SSSR count). The smallest absolute Gasteiger partial charge is 0.165 e. The topological polar surface area (TPSA) is 99.3 Å². The molecule has 54 heavy (non-hydrogen) atoms. The van der Waals surface area contributed by atoms with E-state index in [4.69, 9.17) is 9.98 Å². The average molecular weight is 725 g/mol. The SMILES string of the molecule is CC(=O)/C(C=N[C@@H](c1c(C)cc(C)cc1C)[C@@H](N=C/C(C(C)=O)=C(\O)c1c(C)cc(C)cc1C)c1c(C)cc(C)cc1C)=C(/O)c1c(C)cc(C)cc1C. The van der Waals surface area contributed by atoms with Crippen molar-refractivity contribution >= 4 is 35.5 Å². The summed E-state index contributed by atoms with van der Waals surface area (Å²) in [6, 6.07) is 15.0. The van der Waals surface area contributed by atoms with Gasteiger partial charge in [0.1, 0.15) is 23.6 Å². The van der Waals surface area contributed by atoms with Crippen LogP contribution in [0.3, 0.4) is 0 Å². The Bertz CT molecular complexity index is 2030. The number of carbonyl (C=O) groups is 2. The van der Waals surface area contributed by atoms with Crippen LogP contribution in [0.5, 0.6) is 0 Å². The normalized spacial score (nSPS) is 14.0. The third-order valence-electron chi connectivity index (χ3n) is 10.2. The monoisotopic (exact) mass is 724 g/mol. The summed E-state index contributed by atoms with van der Waals surface area (Å²) in [5.74, 6) is -0.915. The van der Waals surface area contributed by atoms with Gasteiger partial charge in [-0.2, -0.15) is 0 Å². The van der Waals surface area contributed by atoms with Crippen LogP contribution in [0.15, 0.2) is 69.7 Å². The van der Waals surface area contributed by atoms with E-state index in [1.54, 1.807) is 0 Å². The number of aliphatic imine (C=N–C) groups is 2. The number of aliphatic hydroxyl groups is 2. The molecule has 0 aromatic heterocycles. The van der Waals surface area contributed by atoms with Crippen LogP contribution in [0.2, 0.25) is 0 Å². The molecule has 2 N–H and O–H groups in total. The Balaban J connectivity index is 2.11. The van der Waals surface area contributed by atoms with Crippen LogP contribution in [0.4, 0.5) is 0 Å². The minimum atomic E-state index is -0.692. The van der Waals surface area contributed by atoms with Gasteiger partial charge in [-0.25, -0.2) is 0 Å². The van der Waals surface area contributed by atoms with Crippen molar-refractivity contribution in [2.45, 2.75) is 109 Å². The van der Waals surface area contributed by atoms with Crippen LogP contribution in [0.1, 0.15) is 115 Å². The molecule has 0 aliphatic heterocycles. The Morgan fingerprint density at radius 2 is 0.667 bits per heavy atom. The van der Waals surface area contributed by atoms with Gasteiger partial charge in [0.25, 0.3) is 0 Å².